The first-order valence-corrected chi connectivity index (χ1v) is 4.23. The Morgan fingerprint density at radius 2 is 2.29 bits per heavy atom. The SMILES string of the molecule is Cn1ncc2cc(Cl)c([N+](=O)[O-])cc21. The van der Waals surface area contributed by atoms with Gasteiger partial charge in [0.05, 0.1) is 16.6 Å². The lowest BCUT2D eigenvalue weighted by Crippen LogP contribution is -1.92. The summed E-state index contributed by atoms with van der Waals surface area (Å²) in [6, 6.07) is 2.96. The van der Waals surface area contributed by atoms with Crippen molar-refractivity contribution in [3.63, 3.8) is 0 Å². The van der Waals surface area contributed by atoms with Crippen LogP contribution in [0.2, 0.25) is 5.02 Å². The monoisotopic (exact) mass is 211 g/mol. The van der Waals surface area contributed by atoms with Crippen molar-refractivity contribution < 1.29 is 4.92 Å². The van der Waals surface area contributed by atoms with Gasteiger partial charge in [0.15, 0.2) is 0 Å². The third-order valence-electron chi connectivity index (χ3n) is 2.01. The van der Waals surface area contributed by atoms with Gasteiger partial charge in [-0.2, -0.15) is 5.10 Å². The molecule has 0 amide bonds. The summed E-state index contributed by atoms with van der Waals surface area (Å²) in [5.41, 5.74) is 0.601. The van der Waals surface area contributed by atoms with Gasteiger partial charge in [0.1, 0.15) is 5.02 Å². The zero-order chi connectivity index (χ0) is 10.3. The van der Waals surface area contributed by atoms with Crippen molar-refractivity contribution in [2.24, 2.45) is 7.05 Å². The quantitative estimate of drug-likeness (QED) is 0.536. The number of nitro groups is 1. The van der Waals surface area contributed by atoms with E-state index in [4.69, 9.17) is 11.6 Å². The first-order chi connectivity index (χ1) is 6.59. The average molecular weight is 212 g/mol. The average Bonchev–Trinajstić information content (AvgIpc) is 2.46. The fraction of sp³-hybridized carbons (Fsp3) is 0.125. The number of fused-ring (bicyclic) bond motifs is 1. The Hall–Kier alpha value is -1.62. The third kappa shape index (κ3) is 1.22. The molecule has 0 atom stereocenters. The van der Waals surface area contributed by atoms with Crippen LogP contribution in [-0.4, -0.2) is 14.7 Å². The van der Waals surface area contributed by atoms with Gasteiger partial charge >= 0.3 is 0 Å². The molecule has 1 aromatic heterocycles. The van der Waals surface area contributed by atoms with Crippen molar-refractivity contribution in [3.8, 4) is 0 Å². The van der Waals surface area contributed by atoms with E-state index in [1.54, 1.807) is 24.0 Å². The Morgan fingerprint density at radius 1 is 1.57 bits per heavy atom. The molecule has 0 unspecified atom stereocenters. The van der Waals surface area contributed by atoms with Gasteiger partial charge in [0, 0.05) is 18.5 Å². The molecule has 2 rings (SSSR count). The van der Waals surface area contributed by atoms with Crippen molar-refractivity contribution >= 4 is 28.2 Å². The molecule has 72 valence electrons. The zero-order valence-corrected chi connectivity index (χ0v) is 8.02. The van der Waals surface area contributed by atoms with Crippen molar-refractivity contribution in [1.82, 2.24) is 9.78 Å². The predicted molar refractivity (Wildman–Crippen MR) is 52.4 cm³/mol. The van der Waals surface area contributed by atoms with Gasteiger partial charge in [-0.05, 0) is 6.07 Å². The molecule has 0 saturated heterocycles. The Bertz CT molecular complexity index is 521. The van der Waals surface area contributed by atoms with E-state index in [1.807, 2.05) is 0 Å². The lowest BCUT2D eigenvalue weighted by molar-refractivity contribution is -0.384. The highest BCUT2D eigenvalue weighted by Crippen LogP contribution is 2.29. The molecule has 1 heterocycles. The van der Waals surface area contributed by atoms with Crippen molar-refractivity contribution in [2.45, 2.75) is 0 Å². The molecule has 0 N–H and O–H groups in total. The summed E-state index contributed by atoms with van der Waals surface area (Å²) in [5, 5.41) is 15.5. The highest BCUT2D eigenvalue weighted by molar-refractivity contribution is 6.33. The summed E-state index contributed by atoms with van der Waals surface area (Å²) in [6.07, 6.45) is 1.62. The number of halogens is 1. The molecule has 5 nitrogen and oxygen atoms in total. The molecule has 14 heavy (non-hydrogen) atoms. The summed E-state index contributed by atoms with van der Waals surface area (Å²) in [6.45, 7) is 0. The summed E-state index contributed by atoms with van der Waals surface area (Å²) < 4.78 is 1.57. The Labute approximate surface area is 84.0 Å². The van der Waals surface area contributed by atoms with Crippen LogP contribution in [0, 0.1) is 10.1 Å². The van der Waals surface area contributed by atoms with Crippen molar-refractivity contribution in [1.29, 1.82) is 0 Å². The van der Waals surface area contributed by atoms with E-state index in [2.05, 4.69) is 5.10 Å². The van der Waals surface area contributed by atoms with Crippen LogP contribution in [0.1, 0.15) is 0 Å². The fourth-order valence-corrected chi connectivity index (χ4v) is 1.54. The molecule has 0 fully saturated rings. The number of benzene rings is 1. The van der Waals surface area contributed by atoms with E-state index in [0.717, 1.165) is 5.39 Å². The van der Waals surface area contributed by atoms with Gasteiger partial charge in [-0.3, -0.25) is 14.8 Å². The molecule has 0 saturated carbocycles. The van der Waals surface area contributed by atoms with Gasteiger partial charge < -0.3 is 0 Å². The molecule has 0 spiro atoms. The van der Waals surface area contributed by atoms with E-state index in [9.17, 15) is 10.1 Å². The number of nitrogens with zero attached hydrogens (tertiary/aromatic N) is 3. The maximum atomic E-state index is 10.6. The second-order valence-corrected chi connectivity index (χ2v) is 3.29. The molecule has 0 aliphatic carbocycles. The van der Waals surface area contributed by atoms with Crippen LogP contribution in [0.3, 0.4) is 0 Å². The van der Waals surface area contributed by atoms with Gasteiger partial charge in [-0.1, -0.05) is 11.6 Å². The highest BCUT2D eigenvalue weighted by Gasteiger charge is 2.14. The Kier molecular flexibility index (Phi) is 1.89. The summed E-state index contributed by atoms with van der Waals surface area (Å²) >= 11 is 5.73. The molecule has 1 aromatic carbocycles. The largest absolute Gasteiger partial charge is 0.290 e. The zero-order valence-electron chi connectivity index (χ0n) is 7.27. The van der Waals surface area contributed by atoms with Crippen LogP contribution >= 0.6 is 11.6 Å². The summed E-state index contributed by atoms with van der Waals surface area (Å²) in [4.78, 5) is 10.1. The van der Waals surface area contributed by atoms with Crippen LogP contribution in [-0.2, 0) is 7.05 Å². The summed E-state index contributed by atoms with van der Waals surface area (Å²) in [5.74, 6) is 0. The minimum Gasteiger partial charge on any atom is -0.268 e. The van der Waals surface area contributed by atoms with Crippen LogP contribution < -0.4 is 0 Å². The number of hydrogen-bond acceptors (Lipinski definition) is 3. The fourth-order valence-electron chi connectivity index (χ4n) is 1.30. The second-order valence-electron chi connectivity index (χ2n) is 2.89. The number of rotatable bonds is 1. The van der Waals surface area contributed by atoms with Gasteiger partial charge in [0.2, 0.25) is 0 Å². The van der Waals surface area contributed by atoms with E-state index in [1.165, 1.54) is 6.07 Å². The van der Waals surface area contributed by atoms with Crippen molar-refractivity contribution in [2.75, 3.05) is 0 Å². The first kappa shape index (κ1) is 8.96. The predicted octanol–water partition coefficient (Wildman–Crippen LogP) is 2.13. The molecule has 0 bridgehead atoms. The summed E-state index contributed by atoms with van der Waals surface area (Å²) in [7, 11) is 1.72. The van der Waals surface area contributed by atoms with Crippen LogP contribution in [0.5, 0.6) is 0 Å². The van der Waals surface area contributed by atoms with E-state index >= 15 is 0 Å². The lowest BCUT2D eigenvalue weighted by Gasteiger charge is -1.96. The molecule has 0 aliphatic rings. The topological polar surface area (TPSA) is 61.0 Å². The number of nitro benzene ring substituents is 1. The number of hydrogen-bond donors (Lipinski definition) is 0. The normalized spacial score (nSPS) is 10.7. The van der Waals surface area contributed by atoms with Gasteiger partial charge in [0.25, 0.3) is 5.69 Å². The van der Waals surface area contributed by atoms with Crippen LogP contribution in [0.15, 0.2) is 18.3 Å². The smallest absolute Gasteiger partial charge is 0.268 e. The minimum atomic E-state index is -0.505. The molecule has 6 heteroatoms. The van der Waals surface area contributed by atoms with Crippen molar-refractivity contribution in [3.05, 3.63) is 33.5 Å². The maximum Gasteiger partial charge on any atom is 0.290 e. The van der Waals surface area contributed by atoms with E-state index in [-0.39, 0.29) is 10.7 Å². The van der Waals surface area contributed by atoms with E-state index in [0.29, 0.717) is 5.52 Å². The molecule has 0 radical (unpaired) electrons. The Balaban J connectivity index is 2.80. The molecule has 0 aliphatic heterocycles. The van der Waals surface area contributed by atoms with E-state index < -0.39 is 4.92 Å². The molecular formula is C8H6ClN3O2. The van der Waals surface area contributed by atoms with Gasteiger partial charge in [-0.25, -0.2) is 0 Å². The number of aryl methyl sites for hydroxylation is 1. The molecule has 2 aromatic rings. The minimum absolute atomic E-state index is 0.0947. The van der Waals surface area contributed by atoms with Crippen LogP contribution in [0.25, 0.3) is 10.9 Å². The third-order valence-corrected chi connectivity index (χ3v) is 2.31. The Morgan fingerprint density at radius 3 is 2.93 bits per heavy atom. The number of aromatic nitrogens is 2. The lowest BCUT2D eigenvalue weighted by atomic mass is 10.2. The second kappa shape index (κ2) is 2.95. The highest BCUT2D eigenvalue weighted by atomic mass is 35.5. The molecular weight excluding hydrogens is 206 g/mol. The first-order valence-electron chi connectivity index (χ1n) is 3.85. The maximum absolute atomic E-state index is 10.6. The van der Waals surface area contributed by atoms with Gasteiger partial charge in [-0.15, -0.1) is 0 Å². The van der Waals surface area contributed by atoms with Crippen LogP contribution in [0.4, 0.5) is 5.69 Å². The standard InChI is InChI=1S/C8H6ClN3O2/c1-11-7-3-8(12(13)14)6(9)2-5(7)4-10-11/h2-4H,1H3.